The van der Waals surface area contributed by atoms with Crippen molar-refractivity contribution in [2.45, 2.75) is 37.9 Å². The van der Waals surface area contributed by atoms with Crippen molar-refractivity contribution in [1.82, 2.24) is 15.1 Å². The Hall–Kier alpha value is -3.95. The summed E-state index contributed by atoms with van der Waals surface area (Å²) in [5, 5.41) is 13.5. The predicted octanol–water partition coefficient (Wildman–Crippen LogP) is 2.56. The summed E-state index contributed by atoms with van der Waals surface area (Å²) in [6.07, 6.45) is 1.76. The van der Waals surface area contributed by atoms with Gasteiger partial charge in [-0.15, -0.1) is 0 Å². The van der Waals surface area contributed by atoms with E-state index in [0.717, 1.165) is 23.3 Å². The molecule has 1 aliphatic carbocycles. The first kappa shape index (κ1) is 22.3. The summed E-state index contributed by atoms with van der Waals surface area (Å²) in [6, 6.07) is 12.2. The standard InChI is InChI=1S/C23H24N4O6/c1-23(16-5-7-18(8-6-16)27(31)32)21(29)26(22(30)24-23)14-20(28)25(17-9-10-17)13-15-3-11-19(33-2)12-4-15/h3-8,11-12,17H,9-10,13-14H2,1-2H3,(H,24,30). The zero-order valence-corrected chi connectivity index (χ0v) is 18.3. The Bertz CT molecular complexity index is 1100. The third-order valence-electron chi connectivity index (χ3n) is 6.04. The number of amides is 4. The average Bonchev–Trinajstić information content (AvgIpc) is 3.62. The van der Waals surface area contributed by atoms with Gasteiger partial charge in [0.05, 0.1) is 12.0 Å². The van der Waals surface area contributed by atoms with E-state index in [9.17, 15) is 24.5 Å². The number of benzene rings is 2. The second-order valence-corrected chi connectivity index (χ2v) is 8.35. The minimum atomic E-state index is -1.41. The first-order chi connectivity index (χ1) is 15.7. The molecule has 2 aromatic carbocycles. The highest BCUT2D eigenvalue weighted by molar-refractivity contribution is 6.09. The smallest absolute Gasteiger partial charge is 0.325 e. The summed E-state index contributed by atoms with van der Waals surface area (Å²) in [6.45, 7) is 1.52. The van der Waals surface area contributed by atoms with E-state index < -0.39 is 22.4 Å². The van der Waals surface area contributed by atoms with Gasteiger partial charge >= 0.3 is 6.03 Å². The number of imide groups is 1. The van der Waals surface area contributed by atoms with Crippen molar-refractivity contribution in [2.75, 3.05) is 13.7 Å². The molecule has 172 valence electrons. The summed E-state index contributed by atoms with van der Waals surface area (Å²) in [4.78, 5) is 51.9. The summed E-state index contributed by atoms with van der Waals surface area (Å²) < 4.78 is 5.17. The molecule has 1 atom stereocenters. The first-order valence-electron chi connectivity index (χ1n) is 10.5. The highest BCUT2D eigenvalue weighted by Crippen LogP contribution is 2.32. The van der Waals surface area contributed by atoms with Crippen LogP contribution in [0.2, 0.25) is 0 Å². The maximum absolute atomic E-state index is 13.2. The molecule has 4 amide bonds. The number of nitrogens with one attached hydrogen (secondary N) is 1. The summed E-state index contributed by atoms with van der Waals surface area (Å²) in [7, 11) is 1.58. The summed E-state index contributed by atoms with van der Waals surface area (Å²) >= 11 is 0. The van der Waals surface area contributed by atoms with Crippen LogP contribution in [0.4, 0.5) is 10.5 Å². The quantitative estimate of drug-likeness (QED) is 0.373. The Morgan fingerprint density at radius 3 is 2.36 bits per heavy atom. The van der Waals surface area contributed by atoms with Crippen molar-refractivity contribution in [3.05, 3.63) is 69.8 Å². The molecule has 1 unspecified atom stereocenters. The van der Waals surface area contributed by atoms with Crippen LogP contribution in [0.3, 0.4) is 0 Å². The molecule has 33 heavy (non-hydrogen) atoms. The van der Waals surface area contributed by atoms with Crippen LogP contribution in [0.25, 0.3) is 0 Å². The van der Waals surface area contributed by atoms with Gasteiger partial charge in [0.25, 0.3) is 11.6 Å². The molecule has 0 spiro atoms. The van der Waals surface area contributed by atoms with Crippen molar-refractivity contribution in [3.8, 4) is 5.75 Å². The minimum absolute atomic E-state index is 0.0847. The number of methoxy groups -OCH3 is 1. The minimum Gasteiger partial charge on any atom is -0.497 e. The number of nitrogens with zero attached hydrogens (tertiary/aromatic N) is 3. The van der Waals surface area contributed by atoms with Crippen LogP contribution in [0, 0.1) is 10.1 Å². The van der Waals surface area contributed by atoms with Gasteiger partial charge in [-0.05, 0) is 55.2 Å². The van der Waals surface area contributed by atoms with E-state index in [1.807, 2.05) is 24.3 Å². The zero-order valence-electron chi connectivity index (χ0n) is 18.3. The van der Waals surface area contributed by atoms with Gasteiger partial charge in [-0.3, -0.25) is 24.6 Å². The third-order valence-corrected chi connectivity index (χ3v) is 6.04. The molecule has 1 heterocycles. The number of nitro groups is 1. The second kappa shape index (κ2) is 8.53. The molecule has 10 nitrogen and oxygen atoms in total. The summed E-state index contributed by atoms with van der Waals surface area (Å²) in [5.41, 5.74) is -0.209. The molecule has 10 heteroatoms. The van der Waals surface area contributed by atoms with Crippen LogP contribution in [-0.2, 0) is 21.7 Å². The number of hydrogen-bond acceptors (Lipinski definition) is 6. The monoisotopic (exact) mass is 452 g/mol. The lowest BCUT2D eigenvalue weighted by atomic mass is 9.92. The van der Waals surface area contributed by atoms with E-state index >= 15 is 0 Å². The Balaban J connectivity index is 1.48. The lowest BCUT2D eigenvalue weighted by Crippen LogP contribution is -2.45. The van der Waals surface area contributed by atoms with Crippen molar-refractivity contribution < 1.29 is 24.0 Å². The number of rotatable bonds is 8. The predicted molar refractivity (Wildman–Crippen MR) is 117 cm³/mol. The van der Waals surface area contributed by atoms with Crippen LogP contribution >= 0.6 is 0 Å². The van der Waals surface area contributed by atoms with Crippen molar-refractivity contribution in [1.29, 1.82) is 0 Å². The zero-order chi connectivity index (χ0) is 23.8. The fraction of sp³-hybridized carbons (Fsp3) is 0.348. The Morgan fingerprint density at radius 2 is 1.82 bits per heavy atom. The van der Waals surface area contributed by atoms with Crippen molar-refractivity contribution in [3.63, 3.8) is 0 Å². The lowest BCUT2D eigenvalue weighted by molar-refractivity contribution is -0.384. The summed E-state index contributed by atoms with van der Waals surface area (Å²) in [5.74, 6) is -0.174. The number of non-ortho nitro benzene ring substituents is 1. The van der Waals surface area contributed by atoms with Gasteiger partial charge in [0.2, 0.25) is 5.91 Å². The van der Waals surface area contributed by atoms with Gasteiger partial charge in [0.1, 0.15) is 17.8 Å². The van der Waals surface area contributed by atoms with Gasteiger partial charge in [-0.2, -0.15) is 0 Å². The molecular weight excluding hydrogens is 428 g/mol. The van der Waals surface area contributed by atoms with Crippen molar-refractivity contribution in [2.24, 2.45) is 0 Å². The second-order valence-electron chi connectivity index (χ2n) is 8.35. The van der Waals surface area contributed by atoms with Crippen LogP contribution in [0.5, 0.6) is 5.75 Å². The number of hydrogen-bond donors (Lipinski definition) is 1. The molecule has 1 saturated carbocycles. The Labute approximate surface area is 190 Å². The number of carbonyl (C=O) groups excluding carboxylic acids is 3. The molecular formula is C23H24N4O6. The van der Waals surface area contributed by atoms with Gasteiger partial charge in [-0.1, -0.05) is 12.1 Å². The topological polar surface area (TPSA) is 122 Å². The lowest BCUT2D eigenvalue weighted by Gasteiger charge is -2.25. The van der Waals surface area contributed by atoms with E-state index in [2.05, 4.69) is 5.32 Å². The van der Waals surface area contributed by atoms with Gasteiger partial charge in [0.15, 0.2) is 0 Å². The molecule has 2 aliphatic rings. The fourth-order valence-corrected chi connectivity index (χ4v) is 3.91. The largest absolute Gasteiger partial charge is 0.497 e. The van der Waals surface area contributed by atoms with E-state index in [0.29, 0.717) is 17.9 Å². The molecule has 0 radical (unpaired) electrons. The van der Waals surface area contributed by atoms with Crippen molar-refractivity contribution >= 4 is 23.5 Å². The molecule has 1 saturated heterocycles. The third kappa shape index (κ3) is 4.36. The van der Waals surface area contributed by atoms with Gasteiger partial charge in [-0.25, -0.2) is 4.79 Å². The SMILES string of the molecule is COc1ccc(CN(C(=O)CN2C(=O)NC(C)(c3ccc([N+](=O)[O-])cc3)C2=O)C2CC2)cc1. The van der Waals surface area contributed by atoms with Gasteiger partial charge < -0.3 is 15.0 Å². The Morgan fingerprint density at radius 1 is 1.18 bits per heavy atom. The molecule has 0 aromatic heterocycles. The van der Waals surface area contributed by atoms with E-state index in [-0.39, 0.29) is 24.2 Å². The number of urea groups is 1. The molecule has 0 bridgehead atoms. The fourth-order valence-electron chi connectivity index (χ4n) is 3.91. The van der Waals surface area contributed by atoms with Crippen LogP contribution in [0.15, 0.2) is 48.5 Å². The van der Waals surface area contributed by atoms with Crippen LogP contribution in [0.1, 0.15) is 30.9 Å². The van der Waals surface area contributed by atoms with Crippen LogP contribution in [-0.4, -0.2) is 52.3 Å². The van der Waals surface area contributed by atoms with Crippen LogP contribution < -0.4 is 10.1 Å². The van der Waals surface area contributed by atoms with Gasteiger partial charge in [0, 0.05) is 24.7 Å². The highest BCUT2D eigenvalue weighted by Gasteiger charge is 2.50. The Kier molecular flexibility index (Phi) is 5.75. The van der Waals surface area contributed by atoms with E-state index in [1.54, 1.807) is 12.0 Å². The number of ether oxygens (including phenoxy) is 1. The maximum Gasteiger partial charge on any atom is 0.325 e. The molecule has 2 aromatic rings. The molecule has 4 rings (SSSR count). The first-order valence-corrected chi connectivity index (χ1v) is 10.5. The number of carbonyl (C=O) groups is 3. The highest BCUT2D eigenvalue weighted by atomic mass is 16.6. The van der Waals surface area contributed by atoms with E-state index in [4.69, 9.17) is 4.74 Å². The number of nitro benzene ring substituents is 1. The van der Waals surface area contributed by atoms with E-state index in [1.165, 1.54) is 31.2 Å². The average molecular weight is 452 g/mol. The molecule has 1 aliphatic heterocycles. The molecule has 1 N–H and O–H groups in total. The molecule has 2 fully saturated rings. The maximum atomic E-state index is 13.2. The normalized spacial score (nSPS) is 19.9.